The van der Waals surface area contributed by atoms with Gasteiger partial charge in [-0.3, -0.25) is 0 Å². The van der Waals surface area contributed by atoms with E-state index in [1.54, 1.807) is 11.3 Å². The molecular weight excluding hydrogens is 276 g/mol. The van der Waals surface area contributed by atoms with E-state index in [1.807, 2.05) is 0 Å². The van der Waals surface area contributed by atoms with Crippen LogP contribution in [0.25, 0.3) is 10.6 Å². The van der Waals surface area contributed by atoms with Crippen molar-refractivity contribution in [2.24, 2.45) is 23.2 Å². The first kappa shape index (κ1) is 12.5. The van der Waals surface area contributed by atoms with E-state index in [0.717, 1.165) is 23.5 Å². The number of hydrogen-bond donors (Lipinski definition) is 0. The molecule has 1 nitrogen and oxygen atoms in total. The largest absolute Gasteiger partial charge is 0.460 e. The Morgan fingerprint density at radius 2 is 1.71 bits per heavy atom. The molecule has 0 aliphatic heterocycles. The van der Waals surface area contributed by atoms with Crippen molar-refractivity contribution >= 4 is 11.3 Å². The molecule has 0 spiro atoms. The van der Waals surface area contributed by atoms with E-state index < -0.39 is 0 Å². The summed E-state index contributed by atoms with van der Waals surface area (Å²) in [5.41, 5.74) is 0.583. The van der Waals surface area contributed by atoms with Crippen LogP contribution in [0.15, 0.2) is 34.1 Å². The second-order valence-electron chi connectivity index (χ2n) is 7.84. The predicted octanol–water partition coefficient (Wildman–Crippen LogP) is 5.77. The number of thiophene rings is 1. The van der Waals surface area contributed by atoms with Crippen molar-refractivity contribution in [1.29, 1.82) is 0 Å². The fraction of sp³-hybridized carbons (Fsp3) is 0.579. The summed E-state index contributed by atoms with van der Waals surface area (Å²) in [6.45, 7) is 0. The van der Waals surface area contributed by atoms with E-state index in [9.17, 15) is 0 Å². The summed E-state index contributed by atoms with van der Waals surface area (Å²) in [5.74, 6) is 5.37. The summed E-state index contributed by atoms with van der Waals surface area (Å²) < 4.78 is 6.18. The number of hydrogen-bond acceptors (Lipinski definition) is 2. The van der Waals surface area contributed by atoms with Crippen LogP contribution in [0.5, 0.6) is 0 Å². The Kier molecular flexibility index (Phi) is 2.67. The third-order valence-corrected chi connectivity index (χ3v) is 7.02. The number of rotatable bonds is 3. The second-order valence-corrected chi connectivity index (χ2v) is 8.79. The van der Waals surface area contributed by atoms with Crippen LogP contribution in [0, 0.1) is 23.2 Å². The number of furan rings is 1. The SMILES string of the molecule is c1csc(-c2ccc(CC34CC5CC(CC(C5)C3)C4)o2)c1. The molecule has 0 aromatic carbocycles. The quantitative estimate of drug-likeness (QED) is 0.701. The van der Waals surface area contributed by atoms with E-state index in [0.29, 0.717) is 5.41 Å². The van der Waals surface area contributed by atoms with E-state index in [2.05, 4.69) is 29.6 Å². The fourth-order valence-corrected chi connectivity index (χ4v) is 6.59. The highest BCUT2D eigenvalue weighted by molar-refractivity contribution is 7.13. The van der Waals surface area contributed by atoms with Crippen LogP contribution >= 0.6 is 11.3 Å². The minimum atomic E-state index is 0.583. The third-order valence-electron chi connectivity index (χ3n) is 6.14. The Balaban J connectivity index is 1.40. The van der Waals surface area contributed by atoms with Crippen molar-refractivity contribution in [3.8, 4) is 10.6 Å². The van der Waals surface area contributed by atoms with Crippen LogP contribution in [0.4, 0.5) is 0 Å². The summed E-state index contributed by atoms with van der Waals surface area (Å²) >= 11 is 1.77. The highest BCUT2D eigenvalue weighted by atomic mass is 32.1. The van der Waals surface area contributed by atoms with Gasteiger partial charge in [-0.15, -0.1) is 11.3 Å². The van der Waals surface area contributed by atoms with E-state index in [4.69, 9.17) is 4.42 Å². The molecule has 0 saturated heterocycles. The molecule has 0 atom stereocenters. The highest BCUT2D eigenvalue weighted by Crippen LogP contribution is 2.61. The molecule has 2 heterocycles. The van der Waals surface area contributed by atoms with Crippen molar-refractivity contribution in [2.75, 3.05) is 0 Å². The van der Waals surface area contributed by atoms with Gasteiger partial charge in [0.15, 0.2) is 0 Å². The topological polar surface area (TPSA) is 13.1 Å². The first-order valence-electron chi connectivity index (χ1n) is 8.41. The first-order valence-corrected chi connectivity index (χ1v) is 9.29. The second kappa shape index (κ2) is 4.49. The van der Waals surface area contributed by atoms with Crippen LogP contribution < -0.4 is 0 Å². The van der Waals surface area contributed by atoms with Crippen LogP contribution in [0.3, 0.4) is 0 Å². The molecule has 0 radical (unpaired) electrons. The summed E-state index contributed by atoms with van der Waals surface area (Å²) in [5, 5.41) is 2.12. The third kappa shape index (κ3) is 2.11. The molecular formula is C19H22OS. The van der Waals surface area contributed by atoms with E-state index >= 15 is 0 Å². The molecule has 2 aromatic rings. The van der Waals surface area contributed by atoms with Gasteiger partial charge >= 0.3 is 0 Å². The maximum absolute atomic E-state index is 6.18. The minimum absolute atomic E-state index is 0.583. The maximum Gasteiger partial charge on any atom is 0.144 e. The Bertz CT molecular complexity index is 601. The molecule has 0 N–H and O–H groups in total. The fourth-order valence-electron chi connectivity index (χ4n) is 5.90. The molecule has 110 valence electrons. The molecule has 2 aromatic heterocycles. The monoisotopic (exact) mass is 298 g/mol. The Hall–Kier alpha value is -1.02. The molecule has 4 aliphatic carbocycles. The minimum Gasteiger partial charge on any atom is -0.460 e. The zero-order valence-electron chi connectivity index (χ0n) is 12.4. The van der Waals surface area contributed by atoms with Crippen LogP contribution in [-0.4, -0.2) is 0 Å². The van der Waals surface area contributed by atoms with Gasteiger partial charge < -0.3 is 4.42 Å². The van der Waals surface area contributed by atoms with Gasteiger partial charge in [-0.05, 0) is 85.3 Å². The molecule has 4 fully saturated rings. The lowest BCUT2D eigenvalue weighted by Gasteiger charge is -2.56. The highest BCUT2D eigenvalue weighted by Gasteiger charge is 2.50. The molecule has 6 rings (SSSR count). The normalized spacial score (nSPS) is 37.2. The molecule has 21 heavy (non-hydrogen) atoms. The van der Waals surface area contributed by atoms with Gasteiger partial charge in [-0.1, -0.05) is 6.07 Å². The van der Waals surface area contributed by atoms with Gasteiger partial charge in [0.2, 0.25) is 0 Å². The average molecular weight is 298 g/mol. The summed E-state index contributed by atoms with van der Waals surface area (Å²) in [6.07, 6.45) is 10.2. The van der Waals surface area contributed by atoms with Crippen LogP contribution in [0.1, 0.15) is 44.3 Å². The van der Waals surface area contributed by atoms with E-state index in [-0.39, 0.29) is 0 Å². The average Bonchev–Trinajstić information content (AvgIpc) is 3.06. The lowest BCUT2D eigenvalue weighted by atomic mass is 9.49. The predicted molar refractivity (Wildman–Crippen MR) is 86.3 cm³/mol. The zero-order valence-corrected chi connectivity index (χ0v) is 13.2. The summed E-state index contributed by atoms with van der Waals surface area (Å²) in [6, 6.07) is 8.65. The van der Waals surface area contributed by atoms with Crippen molar-refractivity contribution < 1.29 is 4.42 Å². The van der Waals surface area contributed by atoms with Gasteiger partial charge in [-0.25, -0.2) is 0 Å². The van der Waals surface area contributed by atoms with Crippen molar-refractivity contribution in [3.05, 3.63) is 35.4 Å². The van der Waals surface area contributed by atoms with Gasteiger partial charge in [0, 0.05) is 6.42 Å². The van der Waals surface area contributed by atoms with Gasteiger partial charge in [0.25, 0.3) is 0 Å². The Labute approximate surface area is 130 Å². The molecule has 4 saturated carbocycles. The smallest absolute Gasteiger partial charge is 0.144 e. The first-order chi connectivity index (χ1) is 10.3. The van der Waals surface area contributed by atoms with Crippen LogP contribution in [-0.2, 0) is 6.42 Å². The molecule has 0 amide bonds. The molecule has 2 heteroatoms. The Morgan fingerprint density at radius 1 is 1.00 bits per heavy atom. The Morgan fingerprint density at radius 3 is 2.33 bits per heavy atom. The van der Waals surface area contributed by atoms with Gasteiger partial charge in [-0.2, -0.15) is 0 Å². The molecule has 0 unspecified atom stereocenters. The molecule has 4 aliphatic rings. The zero-order chi connectivity index (χ0) is 13.9. The van der Waals surface area contributed by atoms with Gasteiger partial charge in [0.1, 0.15) is 11.5 Å². The van der Waals surface area contributed by atoms with Crippen molar-refractivity contribution in [2.45, 2.75) is 44.9 Å². The summed E-state index contributed by atoms with van der Waals surface area (Å²) in [7, 11) is 0. The van der Waals surface area contributed by atoms with Crippen LogP contribution in [0.2, 0.25) is 0 Å². The van der Waals surface area contributed by atoms with Crippen molar-refractivity contribution in [1.82, 2.24) is 0 Å². The van der Waals surface area contributed by atoms with Gasteiger partial charge in [0.05, 0.1) is 4.88 Å². The standard InChI is InChI=1S/C19H22OS/c1-2-18(21-5-1)17-4-3-16(20-17)12-19-9-13-6-14(10-19)8-15(7-13)11-19/h1-5,13-15H,6-12H2. The lowest BCUT2D eigenvalue weighted by molar-refractivity contribution is -0.0544. The lowest BCUT2D eigenvalue weighted by Crippen LogP contribution is -2.46. The molecule has 4 bridgehead atoms. The maximum atomic E-state index is 6.18. The van der Waals surface area contributed by atoms with Crippen molar-refractivity contribution in [3.63, 3.8) is 0 Å². The van der Waals surface area contributed by atoms with E-state index in [1.165, 1.54) is 55.6 Å². The summed E-state index contributed by atoms with van der Waals surface area (Å²) in [4.78, 5) is 1.26.